The van der Waals surface area contributed by atoms with Crippen molar-refractivity contribution in [1.82, 2.24) is 8.96 Å². The highest BCUT2D eigenvalue weighted by atomic mass is 32.2. The van der Waals surface area contributed by atoms with Crippen molar-refractivity contribution in [3.05, 3.63) is 72.0 Å². The number of fused-ring (bicyclic) bond motifs is 1. The molecule has 9 nitrogen and oxygen atoms in total. The number of nitrogen functional groups attached to an aromatic ring is 1. The molecular formula is C22H17F4N5O4S. The zero-order valence-corrected chi connectivity index (χ0v) is 19.1. The molecule has 0 spiro atoms. The molecule has 1 heterocycles. The minimum atomic E-state index is -4.69. The second kappa shape index (κ2) is 9.03. The number of hydrogen-bond donors (Lipinski definition) is 3. The number of nitrogens with one attached hydrogen (secondary N) is 2. The van der Waals surface area contributed by atoms with Crippen LogP contribution in [0.5, 0.6) is 11.5 Å². The third kappa shape index (κ3) is 5.33. The highest BCUT2D eigenvalue weighted by molar-refractivity contribution is 7.89. The van der Waals surface area contributed by atoms with Gasteiger partial charge in [0.2, 0.25) is 16.0 Å². The van der Waals surface area contributed by atoms with Gasteiger partial charge in [0.25, 0.3) is 0 Å². The summed E-state index contributed by atoms with van der Waals surface area (Å²) in [7, 11) is -3.66. The number of aromatic nitrogens is 2. The standard InChI is InChI=1S/C22H17F4N5O4S/c1-36(33,34)31-19-9-7-15(11-18(19)29-20(31)27)35-14-5-3-13(4-6-14)28-21(32)30-17-10-12(22(24,25)26)2-8-16(17)23/h2-11H,1H3,(H2,27,29)(H2,28,30,32). The second-order valence-corrected chi connectivity index (χ2v) is 9.38. The normalized spacial score (nSPS) is 11.9. The largest absolute Gasteiger partial charge is 0.457 e. The number of ether oxygens (including phenoxy) is 1. The zero-order valence-electron chi connectivity index (χ0n) is 18.3. The van der Waals surface area contributed by atoms with Gasteiger partial charge in [0.1, 0.15) is 17.3 Å². The Bertz CT molecular complexity index is 1570. The molecule has 4 N–H and O–H groups in total. The van der Waals surface area contributed by atoms with Crippen molar-refractivity contribution in [3.63, 3.8) is 0 Å². The van der Waals surface area contributed by atoms with Gasteiger partial charge < -0.3 is 21.1 Å². The molecule has 188 valence electrons. The molecule has 0 atom stereocenters. The number of rotatable bonds is 5. The topological polar surface area (TPSA) is 128 Å². The fraction of sp³-hybridized carbons (Fsp3) is 0.0909. The lowest BCUT2D eigenvalue weighted by molar-refractivity contribution is -0.137. The van der Waals surface area contributed by atoms with Crippen LogP contribution < -0.4 is 21.1 Å². The lowest BCUT2D eigenvalue weighted by Gasteiger charge is -2.12. The number of nitrogens with zero attached hydrogens (tertiary/aromatic N) is 2. The maximum absolute atomic E-state index is 13.8. The lowest BCUT2D eigenvalue weighted by atomic mass is 10.2. The first-order valence-corrected chi connectivity index (χ1v) is 11.9. The maximum Gasteiger partial charge on any atom is 0.416 e. The number of nitrogens with two attached hydrogens (primary N) is 1. The Balaban J connectivity index is 1.44. The summed E-state index contributed by atoms with van der Waals surface area (Å²) in [5.74, 6) is -0.538. The van der Waals surface area contributed by atoms with E-state index in [1.165, 1.54) is 42.5 Å². The van der Waals surface area contributed by atoms with Crippen LogP contribution in [0.1, 0.15) is 5.56 Å². The quantitative estimate of drug-likeness (QED) is 0.315. The number of carbonyl (C=O) groups excluding carboxylic acids is 1. The number of amides is 2. The van der Waals surface area contributed by atoms with Crippen molar-refractivity contribution in [1.29, 1.82) is 0 Å². The molecule has 1 aromatic heterocycles. The van der Waals surface area contributed by atoms with Gasteiger partial charge >= 0.3 is 12.2 Å². The molecule has 4 rings (SSSR count). The number of imidazole rings is 1. The van der Waals surface area contributed by atoms with Crippen LogP contribution in [0.4, 0.5) is 39.7 Å². The van der Waals surface area contributed by atoms with Crippen molar-refractivity contribution in [3.8, 4) is 11.5 Å². The number of alkyl halides is 3. The molecule has 3 aromatic carbocycles. The Morgan fingerprint density at radius 3 is 2.31 bits per heavy atom. The Labute approximate surface area is 201 Å². The maximum atomic E-state index is 13.8. The van der Waals surface area contributed by atoms with Gasteiger partial charge in [-0.15, -0.1) is 0 Å². The summed E-state index contributed by atoms with van der Waals surface area (Å²) in [6, 6.07) is 11.1. The van der Waals surface area contributed by atoms with E-state index in [1.807, 2.05) is 5.32 Å². The fourth-order valence-corrected chi connectivity index (χ4v) is 4.19. The van der Waals surface area contributed by atoms with Crippen LogP contribution in [0.2, 0.25) is 0 Å². The van der Waals surface area contributed by atoms with Crippen LogP contribution in [0.3, 0.4) is 0 Å². The lowest BCUT2D eigenvalue weighted by Crippen LogP contribution is -2.20. The SMILES string of the molecule is CS(=O)(=O)n1c(N)nc2cc(Oc3ccc(NC(=O)Nc4cc(C(F)(F)F)ccc4F)cc3)ccc21. The summed E-state index contributed by atoms with van der Waals surface area (Å²) in [5, 5.41) is 4.42. The number of urea groups is 1. The van der Waals surface area contributed by atoms with E-state index in [9.17, 15) is 30.8 Å². The van der Waals surface area contributed by atoms with Crippen LogP contribution in [0, 0.1) is 5.82 Å². The summed E-state index contributed by atoms with van der Waals surface area (Å²) in [6.07, 6.45) is -3.69. The fourth-order valence-electron chi connectivity index (χ4n) is 3.29. The molecule has 0 saturated carbocycles. The van der Waals surface area contributed by atoms with Crippen molar-refractivity contribution >= 4 is 44.4 Å². The Morgan fingerprint density at radius 1 is 1.00 bits per heavy atom. The van der Waals surface area contributed by atoms with Crippen molar-refractivity contribution in [2.24, 2.45) is 0 Å². The van der Waals surface area contributed by atoms with E-state index in [0.717, 1.165) is 10.2 Å². The van der Waals surface area contributed by atoms with Gasteiger partial charge in [0, 0.05) is 11.8 Å². The van der Waals surface area contributed by atoms with Gasteiger partial charge in [-0.3, -0.25) is 0 Å². The molecule has 0 aliphatic heterocycles. The van der Waals surface area contributed by atoms with Crippen LogP contribution in [-0.4, -0.2) is 29.7 Å². The summed E-state index contributed by atoms with van der Waals surface area (Å²) >= 11 is 0. The molecular weight excluding hydrogens is 506 g/mol. The van der Waals surface area contributed by atoms with Gasteiger partial charge in [-0.25, -0.2) is 26.6 Å². The molecule has 0 bridgehead atoms. The molecule has 0 aliphatic carbocycles. The van der Waals surface area contributed by atoms with Crippen molar-refractivity contribution in [2.45, 2.75) is 6.18 Å². The highest BCUT2D eigenvalue weighted by Gasteiger charge is 2.31. The van der Waals surface area contributed by atoms with Crippen LogP contribution in [-0.2, 0) is 16.2 Å². The first kappa shape index (κ1) is 24.8. The molecule has 36 heavy (non-hydrogen) atoms. The smallest absolute Gasteiger partial charge is 0.416 e. The van der Waals surface area contributed by atoms with Crippen molar-refractivity contribution in [2.75, 3.05) is 22.6 Å². The first-order chi connectivity index (χ1) is 16.8. The number of halogens is 4. The summed E-state index contributed by atoms with van der Waals surface area (Å²) in [5.41, 5.74) is 4.80. The van der Waals surface area contributed by atoms with Crippen LogP contribution in [0.25, 0.3) is 11.0 Å². The first-order valence-electron chi connectivity index (χ1n) is 10.0. The molecule has 14 heteroatoms. The zero-order chi connectivity index (χ0) is 26.3. The molecule has 2 amide bonds. The van der Waals surface area contributed by atoms with E-state index >= 15 is 0 Å². The summed E-state index contributed by atoms with van der Waals surface area (Å²) in [6.45, 7) is 0. The summed E-state index contributed by atoms with van der Waals surface area (Å²) in [4.78, 5) is 16.2. The Hall–Kier alpha value is -4.33. The Morgan fingerprint density at radius 2 is 1.67 bits per heavy atom. The minimum Gasteiger partial charge on any atom is -0.457 e. The Kier molecular flexibility index (Phi) is 6.22. The predicted octanol–water partition coefficient (Wildman–Crippen LogP) is 5.02. The number of benzene rings is 3. The molecule has 0 radical (unpaired) electrons. The minimum absolute atomic E-state index is 0.191. The molecule has 0 unspecified atom stereocenters. The average Bonchev–Trinajstić information content (AvgIpc) is 3.11. The van der Waals surface area contributed by atoms with Gasteiger partial charge in [-0.1, -0.05) is 0 Å². The van der Waals surface area contributed by atoms with E-state index < -0.39 is 39.3 Å². The number of carbonyl (C=O) groups is 1. The predicted molar refractivity (Wildman–Crippen MR) is 125 cm³/mol. The van der Waals surface area contributed by atoms with Gasteiger partial charge in [-0.05, 0) is 54.6 Å². The van der Waals surface area contributed by atoms with Gasteiger partial charge in [0.15, 0.2) is 0 Å². The molecule has 0 fully saturated rings. The number of hydrogen-bond acceptors (Lipinski definition) is 6. The van der Waals surface area contributed by atoms with Crippen LogP contribution in [0.15, 0.2) is 60.7 Å². The average molecular weight is 523 g/mol. The van der Waals surface area contributed by atoms with Gasteiger partial charge in [-0.2, -0.15) is 13.2 Å². The highest BCUT2D eigenvalue weighted by Crippen LogP contribution is 2.32. The summed E-state index contributed by atoms with van der Waals surface area (Å²) < 4.78 is 82.7. The third-order valence-electron chi connectivity index (χ3n) is 4.83. The van der Waals surface area contributed by atoms with E-state index in [4.69, 9.17) is 10.5 Å². The van der Waals surface area contributed by atoms with Gasteiger partial charge in [0.05, 0.1) is 28.5 Å². The third-order valence-corrected chi connectivity index (χ3v) is 5.88. The van der Waals surface area contributed by atoms with E-state index in [-0.39, 0.29) is 17.2 Å². The second-order valence-electron chi connectivity index (χ2n) is 7.55. The van der Waals surface area contributed by atoms with Crippen LogP contribution >= 0.6 is 0 Å². The molecule has 4 aromatic rings. The van der Waals surface area contributed by atoms with E-state index in [2.05, 4.69) is 10.3 Å². The molecule has 0 aliphatic rings. The monoisotopic (exact) mass is 523 g/mol. The van der Waals surface area contributed by atoms with E-state index in [0.29, 0.717) is 35.2 Å². The van der Waals surface area contributed by atoms with E-state index in [1.54, 1.807) is 0 Å². The number of anilines is 3. The molecule has 0 saturated heterocycles. The van der Waals surface area contributed by atoms with Crippen molar-refractivity contribution < 1.29 is 35.5 Å².